The Bertz CT molecular complexity index is 1160. The van der Waals surface area contributed by atoms with Gasteiger partial charge in [0.15, 0.2) is 21.3 Å². The van der Waals surface area contributed by atoms with Crippen LogP contribution in [0.1, 0.15) is 31.1 Å². The molecule has 3 aromatic rings. The van der Waals surface area contributed by atoms with Crippen molar-refractivity contribution in [3.8, 4) is 0 Å². The molecule has 182 valence electrons. The van der Waals surface area contributed by atoms with Crippen molar-refractivity contribution >= 4 is 28.8 Å². The molecule has 0 N–H and O–H groups in total. The Morgan fingerprint density at radius 2 is 1.17 bits per heavy atom. The number of hydrogen-bond donors (Lipinski definition) is 0. The molecule has 0 saturated heterocycles. The summed E-state index contributed by atoms with van der Waals surface area (Å²) >= 11 is 0. The third-order valence-corrected chi connectivity index (χ3v) is 6.87. The van der Waals surface area contributed by atoms with E-state index < -0.39 is 41.6 Å². The minimum absolute atomic E-state index is 0.0480. The van der Waals surface area contributed by atoms with E-state index in [0.717, 1.165) is 0 Å². The maximum Gasteiger partial charge on any atom is 0.422 e. The second-order valence-electron chi connectivity index (χ2n) is 7.06. The third-order valence-electron chi connectivity index (χ3n) is 4.67. The Morgan fingerprint density at radius 3 is 1.60 bits per heavy atom. The molecule has 0 aliphatic heterocycles. The minimum atomic E-state index is -4.63. The van der Waals surface area contributed by atoms with Gasteiger partial charge in [0.1, 0.15) is 0 Å². The number of halogens is 3. The highest BCUT2D eigenvalue weighted by Gasteiger charge is 2.32. The van der Waals surface area contributed by atoms with Crippen LogP contribution in [0, 0.1) is 0 Å². The molecular formula is C25H20F3O6S+. The number of carbonyl (C=O) groups excluding carboxylic acids is 3. The van der Waals surface area contributed by atoms with Gasteiger partial charge in [0.25, 0.3) is 0 Å². The molecule has 0 amide bonds. The third kappa shape index (κ3) is 6.63. The van der Waals surface area contributed by atoms with Crippen molar-refractivity contribution < 1.29 is 41.8 Å². The van der Waals surface area contributed by atoms with Crippen LogP contribution in [0.25, 0.3) is 0 Å². The smallest absolute Gasteiger partial charge is 0.422 e. The molecule has 0 spiro atoms. The van der Waals surface area contributed by atoms with E-state index in [0.29, 0.717) is 25.8 Å². The van der Waals surface area contributed by atoms with Crippen LogP contribution in [0.4, 0.5) is 13.2 Å². The first kappa shape index (κ1) is 25.8. The van der Waals surface area contributed by atoms with Crippen molar-refractivity contribution in [1.29, 1.82) is 0 Å². The van der Waals surface area contributed by atoms with Gasteiger partial charge in [0, 0.05) is 12.1 Å². The van der Waals surface area contributed by atoms with E-state index in [1.807, 2.05) is 0 Å². The molecule has 0 aromatic heterocycles. The van der Waals surface area contributed by atoms with Gasteiger partial charge in [-0.05, 0) is 48.5 Å². The molecule has 35 heavy (non-hydrogen) atoms. The van der Waals surface area contributed by atoms with Crippen LogP contribution in [-0.2, 0) is 25.1 Å². The van der Waals surface area contributed by atoms with Crippen LogP contribution in [0.2, 0.25) is 0 Å². The monoisotopic (exact) mass is 505 g/mol. The number of methoxy groups -OCH3 is 2. The van der Waals surface area contributed by atoms with Crippen LogP contribution in [0.15, 0.2) is 87.5 Å². The molecule has 0 heterocycles. The number of ether oxygens (including phenoxy) is 3. The fourth-order valence-corrected chi connectivity index (χ4v) is 5.25. The predicted octanol–water partition coefficient (Wildman–Crippen LogP) is 5.07. The van der Waals surface area contributed by atoms with Crippen LogP contribution in [0.5, 0.6) is 0 Å². The molecule has 0 atom stereocenters. The number of hydrogen-bond acceptors (Lipinski definition) is 6. The highest BCUT2D eigenvalue weighted by Crippen LogP contribution is 2.33. The Morgan fingerprint density at radius 1 is 0.686 bits per heavy atom. The molecule has 0 aliphatic rings. The quantitative estimate of drug-likeness (QED) is 0.253. The summed E-state index contributed by atoms with van der Waals surface area (Å²) < 4.78 is 51.0. The Hall–Kier alpha value is -3.79. The van der Waals surface area contributed by atoms with E-state index in [1.54, 1.807) is 60.7 Å². The molecule has 0 aliphatic carbocycles. The lowest BCUT2D eigenvalue weighted by Crippen LogP contribution is -2.20. The lowest BCUT2D eigenvalue weighted by atomic mass is 10.2. The van der Waals surface area contributed by atoms with Crippen molar-refractivity contribution in [2.24, 2.45) is 0 Å². The van der Waals surface area contributed by atoms with E-state index in [9.17, 15) is 27.6 Å². The molecule has 0 bridgehead atoms. The Balaban J connectivity index is 2.04. The SMILES string of the molecule is COC(=O)c1cccc([S+](c2ccc(C(=O)OCC(F)(F)F)cc2)c2cccc(C(=O)OC)c2)c1. The fraction of sp³-hybridized carbons (Fsp3) is 0.160. The number of esters is 3. The zero-order valence-electron chi connectivity index (χ0n) is 18.6. The largest absolute Gasteiger partial charge is 0.465 e. The second-order valence-corrected chi connectivity index (χ2v) is 9.09. The summed E-state index contributed by atoms with van der Waals surface area (Å²) in [5.74, 6) is -2.16. The van der Waals surface area contributed by atoms with Gasteiger partial charge in [-0.2, -0.15) is 13.2 Å². The van der Waals surface area contributed by atoms with E-state index in [-0.39, 0.29) is 5.56 Å². The Kier molecular flexibility index (Phi) is 8.18. The van der Waals surface area contributed by atoms with Gasteiger partial charge < -0.3 is 14.2 Å². The number of alkyl halides is 3. The van der Waals surface area contributed by atoms with Crippen molar-refractivity contribution in [3.05, 3.63) is 89.5 Å². The number of benzene rings is 3. The summed E-state index contributed by atoms with van der Waals surface area (Å²) in [7, 11) is 1.68. The van der Waals surface area contributed by atoms with Crippen molar-refractivity contribution in [3.63, 3.8) is 0 Å². The normalized spacial score (nSPS) is 11.1. The molecule has 0 fully saturated rings. The van der Waals surface area contributed by atoms with E-state index in [4.69, 9.17) is 9.47 Å². The molecule has 3 aromatic carbocycles. The van der Waals surface area contributed by atoms with Crippen LogP contribution in [0.3, 0.4) is 0 Å². The predicted molar refractivity (Wildman–Crippen MR) is 121 cm³/mol. The molecule has 10 heteroatoms. The number of rotatable bonds is 7. The topological polar surface area (TPSA) is 78.9 Å². The zero-order valence-corrected chi connectivity index (χ0v) is 19.4. The highest BCUT2D eigenvalue weighted by molar-refractivity contribution is 7.97. The summed E-state index contributed by atoms with van der Waals surface area (Å²) in [5.41, 5.74) is 0.589. The highest BCUT2D eigenvalue weighted by atomic mass is 32.2. The lowest BCUT2D eigenvalue weighted by molar-refractivity contribution is -0.161. The first-order valence-corrected chi connectivity index (χ1v) is 11.3. The average molecular weight is 505 g/mol. The van der Waals surface area contributed by atoms with Gasteiger partial charge in [-0.25, -0.2) is 14.4 Å². The van der Waals surface area contributed by atoms with Crippen LogP contribution < -0.4 is 0 Å². The summed E-state index contributed by atoms with van der Waals surface area (Å²) in [4.78, 5) is 38.3. The van der Waals surface area contributed by atoms with E-state index in [2.05, 4.69) is 4.74 Å². The van der Waals surface area contributed by atoms with E-state index >= 15 is 0 Å². The first-order valence-electron chi connectivity index (χ1n) is 10.1. The average Bonchev–Trinajstić information content (AvgIpc) is 2.86. The summed E-state index contributed by atoms with van der Waals surface area (Å²) in [5, 5.41) is 0. The molecule has 3 rings (SSSR count). The maximum atomic E-state index is 12.4. The van der Waals surface area contributed by atoms with Gasteiger partial charge in [0.05, 0.1) is 41.8 Å². The number of carbonyl (C=O) groups is 3. The summed E-state index contributed by atoms with van der Waals surface area (Å²) in [6.45, 7) is -1.68. The first-order chi connectivity index (χ1) is 16.6. The van der Waals surface area contributed by atoms with Crippen molar-refractivity contribution in [2.45, 2.75) is 20.9 Å². The molecule has 0 unspecified atom stereocenters. The lowest BCUT2D eigenvalue weighted by Gasteiger charge is -2.11. The van der Waals surface area contributed by atoms with Gasteiger partial charge in [0.2, 0.25) is 0 Å². The van der Waals surface area contributed by atoms with Gasteiger partial charge in [-0.1, -0.05) is 12.1 Å². The minimum Gasteiger partial charge on any atom is -0.465 e. The molecular weight excluding hydrogens is 485 g/mol. The summed E-state index contributed by atoms with van der Waals surface area (Å²) in [6, 6.07) is 19.4. The van der Waals surface area contributed by atoms with Crippen LogP contribution >= 0.6 is 0 Å². The molecule has 0 radical (unpaired) electrons. The van der Waals surface area contributed by atoms with Gasteiger partial charge in [-0.15, -0.1) is 0 Å². The second kappa shape index (κ2) is 11.1. The van der Waals surface area contributed by atoms with E-state index in [1.165, 1.54) is 26.4 Å². The zero-order chi connectivity index (χ0) is 25.6. The van der Waals surface area contributed by atoms with Crippen molar-refractivity contribution in [1.82, 2.24) is 0 Å². The molecule has 0 saturated carbocycles. The maximum absolute atomic E-state index is 12.4. The van der Waals surface area contributed by atoms with Gasteiger partial charge in [-0.3, -0.25) is 0 Å². The van der Waals surface area contributed by atoms with Crippen LogP contribution in [-0.4, -0.2) is 44.9 Å². The molecule has 6 nitrogen and oxygen atoms in total. The standard InChI is InChI=1S/C25H20F3O6S/c1-32-22(29)17-5-3-7-20(13-17)35(21-8-4-6-18(14-21)23(30)33-2)19-11-9-16(10-12-19)24(31)34-15-25(26,27)28/h3-14H,15H2,1-2H3/q+1. The van der Waals surface area contributed by atoms with Crippen molar-refractivity contribution in [2.75, 3.05) is 20.8 Å². The summed E-state index contributed by atoms with van der Waals surface area (Å²) in [6.07, 6.45) is -4.63. The Labute approximate surface area is 202 Å². The fourth-order valence-electron chi connectivity index (χ4n) is 3.10. The van der Waals surface area contributed by atoms with Gasteiger partial charge >= 0.3 is 24.1 Å².